The molecule has 0 fully saturated rings. The number of para-hydroxylation sites is 1. The van der Waals surface area contributed by atoms with Gasteiger partial charge in [0.2, 0.25) is 0 Å². The average molecular weight is 428 g/mol. The number of hydrogen-bond donors (Lipinski definition) is 1. The van der Waals surface area contributed by atoms with Crippen LogP contribution >= 0.6 is 0 Å². The highest BCUT2D eigenvalue weighted by Crippen LogP contribution is 2.44. The minimum atomic E-state index is -3.86. The molecule has 0 spiro atoms. The highest BCUT2D eigenvalue weighted by Gasteiger charge is 2.45. The van der Waals surface area contributed by atoms with Gasteiger partial charge in [0.05, 0.1) is 6.54 Å². The molecule has 3 unspecified atom stereocenters. The monoisotopic (exact) mass is 427 g/mol. The highest BCUT2D eigenvalue weighted by atomic mass is 32.2. The van der Waals surface area contributed by atoms with Crippen molar-refractivity contribution in [3.8, 4) is 0 Å². The Hall–Kier alpha value is -2.65. The molecular weight excluding hydrogens is 402 g/mol. The SMILES string of the molecule is CN(C)S(=O)(=O)NC(=O)C1=NC2=CN3c4ccccc4CC3C3CC=CCC3N2C1. The molecule has 3 atom stereocenters. The number of anilines is 1. The van der Waals surface area contributed by atoms with Crippen molar-refractivity contribution < 1.29 is 13.2 Å². The second-order valence-corrected chi connectivity index (χ2v) is 10.3. The van der Waals surface area contributed by atoms with Crippen molar-refractivity contribution in [1.29, 1.82) is 0 Å². The molecule has 1 aliphatic carbocycles. The Bertz CT molecular complexity index is 1090. The van der Waals surface area contributed by atoms with Crippen molar-refractivity contribution in [2.45, 2.75) is 31.3 Å². The zero-order chi connectivity index (χ0) is 21.0. The number of aliphatic imine (C=N–C) groups is 1. The maximum absolute atomic E-state index is 12.7. The van der Waals surface area contributed by atoms with Crippen LogP contribution in [0.2, 0.25) is 0 Å². The summed E-state index contributed by atoms with van der Waals surface area (Å²) in [7, 11) is -1.10. The number of hydrogen-bond acceptors (Lipinski definition) is 6. The Kier molecular flexibility index (Phi) is 4.48. The van der Waals surface area contributed by atoms with Gasteiger partial charge in [-0.1, -0.05) is 30.4 Å². The first-order valence-electron chi connectivity index (χ1n) is 10.2. The van der Waals surface area contributed by atoms with Gasteiger partial charge in [0.15, 0.2) is 0 Å². The van der Waals surface area contributed by atoms with Crippen LogP contribution in [-0.2, 0) is 21.4 Å². The van der Waals surface area contributed by atoms with Crippen LogP contribution in [0.15, 0.2) is 53.4 Å². The molecular formula is C21H25N5O3S. The predicted molar refractivity (Wildman–Crippen MR) is 115 cm³/mol. The van der Waals surface area contributed by atoms with E-state index in [0.29, 0.717) is 18.5 Å². The third-order valence-corrected chi connectivity index (χ3v) is 7.89. The van der Waals surface area contributed by atoms with Gasteiger partial charge >= 0.3 is 10.2 Å². The van der Waals surface area contributed by atoms with Gasteiger partial charge < -0.3 is 9.80 Å². The third-order valence-electron chi connectivity index (χ3n) is 6.48. The van der Waals surface area contributed by atoms with Crippen molar-refractivity contribution in [3.63, 3.8) is 0 Å². The lowest BCUT2D eigenvalue weighted by Gasteiger charge is -2.39. The molecule has 4 aliphatic rings. The van der Waals surface area contributed by atoms with Crippen LogP contribution in [0.3, 0.4) is 0 Å². The van der Waals surface area contributed by atoms with Crippen LogP contribution in [0, 0.1) is 5.92 Å². The van der Waals surface area contributed by atoms with E-state index in [4.69, 9.17) is 0 Å². The summed E-state index contributed by atoms with van der Waals surface area (Å²) in [6, 6.07) is 9.01. The van der Waals surface area contributed by atoms with Crippen LogP contribution in [-0.4, -0.2) is 62.0 Å². The molecule has 0 saturated heterocycles. The largest absolute Gasteiger partial charge is 0.346 e. The van der Waals surface area contributed by atoms with Gasteiger partial charge in [-0.25, -0.2) is 9.71 Å². The maximum atomic E-state index is 12.7. The number of fused-ring (bicyclic) bond motifs is 7. The van der Waals surface area contributed by atoms with Crippen molar-refractivity contribution >= 4 is 27.5 Å². The summed E-state index contributed by atoms with van der Waals surface area (Å²) in [4.78, 5) is 21.7. The molecule has 1 amide bonds. The molecule has 1 N–H and O–H groups in total. The Balaban J connectivity index is 1.52. The molecule has 5 rings (SSSR count). The summed E-state index contributed by atoms with van der Waals surface area (Å²) in [5.41, 5.74) is 2.75. The summed E-state index contributed by atoms with van der Waals surface area (Å²) in [5.74, 6) is 0.463. The Morgan fingerprint density at radius 3 is 2.73 bits per heavy atom. The first kappa shape index (κ1) is 19.3. The van der Waals surface area contributed by atoms with E-state index in [1.54, 1.807) is 0 Å². The molecule has 0 bridgehead atoms. The van der Waals surface area contributed by atoms with Gasteiger partial charge in [0.1, 0.15) is 11.5 Å². The van der Waals surface area contributed by atoms with Gasteiger partial charge in [-0.15, -0.1) is 0 Å². The van der Waals surface area contributed by atoms with Crippen LogP contribution < -0.4 is 9.62 Å². The van der Waals surface area contributed by atoms with E-state index in [-0.39, 0.29) is 11.8 Å². The van der Waals surface area contributed by atoms with E-state index >= 15 is 0 Å². The highest BCUT2D eigenvalue weighted by molar-refractivity contribution is 7.87. The molecule has 3 heterocycles. The van der Waals surface area contributed by atoms with Gasteiger partial charge in [-0.3, -0.25) is 4.79 Å². The topological polar surface area (TPSA) is 85.3 Å². The van der Waals surface area contributed by atoms with E-state index in [9.17, 15) is 13.2 Å². The average Bonchev–Trinajstić information content (AvgIpc) is 3.27. The lowest BCUT2D eigenvalue weighted by molar-refractivity contribution is -0.113. The standard InChI is InChI=1S/C21H25N5O3S/c1-24(2)30(28,29)23-21(27)16-12-26-18-10-6-4-8-15(18)19-11-14-7-3-5-9-17(14)25(19)13-20(26)22-16/h3-7,9,13,15,18-19H,8,10-12H2,1-2H3,(H,23,27). The fourth-order valence-corrected chi connectivity index (χ4v) is 5.47. The quantitative estimate of drug-likeness (QED) is 0.734. The summed E-state index contributed by atoms with van der Waals surface area (Å²) in [6.45, 7) is 0.317. The van der Waals surface area contributed by atoms with Crippen LogP contribution in [0.5, 0.6) is 0 Å². The zero-order valence-corrected chi connectivity index (χ0v) is 17.8. The van der Waals surface area contributed by atoms with Crippen molar-refractivity contribution in [3.05, 3.63) is 54.0 Å². The van der Waals surface area contributed by atoms with E-state index in [1.165, 1.54) is 25.3 Å². The molecule has 0 aromatic heterocycles. The second-order valence-electron chi connectivity index (χ2n) is 8.37. The number of amides is 1. The smallest absolute Gasteiger partial charge is 0.303 e. The fraction of sp³-hybridized carbons (Fsp3) is 0.429. The molecule has 9 heteroatoms. The lowest BCUT2D eigenvalue weighted by Crippen LogP contribution is -2.48. The van der Waals surface area contributed by atoms with E-state index in [2.05, 4.69) is 49.9 Å². The molecule has 0 radical (unpaired) electrons. The maximum Gasteiger partial charge on any atom is 0.303 e. The van der Waals surface area contributed by atoms with E-state index in [1.807, 2.05) is 12.3 Å². The van der Waals surface area contributed by atoms with Crippen LogP contribution in [0.25, 0.3) is 0 Å². The first-order valence-corrected chi connectivity index (χ1v) is 11.6. The van der Waals surface area contributed by atoms with Crippen molar-refractivity contribution in [2.75, 3.05) is 25.5 Å². The summed E-state index contributed by atoms with van der Waals surface area (Å²) in [5, 5.41) is 0. The number of allylic oxidation sites excluding steroid dienone is 1. The zero-order valence-electron chi connectivity index (χ0n) is 17.0. The molecule has 3 aliphatic heterocycles. The predicted octanol–water partition coefficient (Wildman–Crippen LogP) is 1.24. The summed E-state index contributed by atoms with van der Waals surface area (Å²) >= 11 is 0. The van der Waals surface area contributed by atoms with Gasteiger partial charge in [-0.2, -0.15) is 12.7 Å². The Morgan fingerprint density at radius 2 is 1.93 bits per heavy atom. The molecule has 158 valence electrons. The normalized spacial score (nSPS) is 27.0. The van der Waals surface area contributed by atoms with Gasteiger partial charge in [-0.05, 0) is 30.9 Å². The van der Waals surface area contributed by atoms with Crippen molar-refractivity contribution in [2.24, 2.45) is 10.9 Å². The fourth-order valence-electron chi connectivity index (χ4n) is 4.94. The minimum absolute atomic E-state index is 0.227. The van der Waals surface area contributed by atoms with Gasteiger partial charge in [0.25, 0.3) is 5.91 Å². The third kappa shape index (κ3) is 3.04. The number of nitrogens with one attached hydrogen (secondary N) is 1. The Labute approximate surface area is 176 Å². The van der Waals surface area contributed by atoms with E-state index < -0.39 is 16.1 Å². The number of benzene rings is 1. The van der Waals surface area contributed by atoms with Crippen LogP contribution in [0.4, 0.5) is 5.69 Å². The van der Waals surface area contributed by atoms with E-state index in [0.717, 1.165) is 29.4 Å². The summed E-state index contributed by atoms with van der Waals surface area (Å²) < 4.78 is 27.2. The first-order chi connectivity index (χ1) is 14.3. The molecule has 1 aromatic carbocycles. The number of carbonyl (C=O) groups is 1. The number of rotatable bonds is 3. The number of carbonyl (C=O) groups excluding carboxylic acids is 1. The van der Waals surface area contributed by atoms with Crippen molar-refractivity contribution in [1.82, 2.24) is 13.9 Å². The lowest BCUT2D eigenvalue weighted by atomic mass is 9.81. The summed E-state index contributed by atoms with van der Waals surface area (Å²) in [6.07, 6.45) is 9.36. The molecule has 0 saturated carbocycles. The van der Waals surface area contributed by atoms with Gasteiger partial charge in [0, 0.05) is 44.0 Å². The second kappa shape index (κ2) is 6.95. The molecule has 8 nitrogen and oxygen atoms in total. The van der Waals surface area contributed by atoms with Crippen LogP contribution in [0.1, 0.15) is 18.4 Å². The molecule has 1 aromatic rings. The minimum Gasteiger partial charge on any atom is -0.346 e. The Morgan fingerprint density at radius 1 is 1.17 bits per heavy atom. The molecule has 30 heavy (non-hydrogen) atoms. The number of nitrogens with zero attached hydrogens (tertiary/aromatic N) is 4.